The first-order valence-corrected chi connectivity index (χ1v) is 5.85. The molecule has 4 heteroatoms. The zero-order valence-electron chi connectivity index (χ0n) is 9.52. The van der Waals surface area contributed by atoms with Crippen molar-refractivity contribution in [1.29, 1.82) is 0 Å². The summed E-state index contributed by atoms with van der Waals surface area (Å²) < 4.78 is 5.99. The van der Waals surface area contributed by atoms with E-state index in [4.69, 9.17) is 10.5 Å². The third kappa shape index (κ3) is 2.03. The first-order chi connectivity index (χ1) is 8.33. The quantitative estimate of drug-likeness (QED) is 0.820. The highest BCUT2D eigenvalue weighted by Crippen LogP contribution is 2.27. The zero-order chi connectivity index (χ0) is 11.7. The molecule has 3 N–H and O–H groups in total. The fourth-order valence-electron chi connectivity index (χ4n) is 2.17. The lowest BCUT2D eigenvalue weighted by atomic mass is 10.2. The van der Waals surface area contributed by atoms with Gasteiger partial charge < -0.3 is 15.8 Å². The van der Waals surface area contributed by atoms with Crippen LogP contribution in [-0.2, 0) is 0 Å². The standard InChI is InChI=1S/C13H15N3O/c14-13-7-12(17-9-5-6-15-8-9)10-3-1-2-4-11(10)16-13/h1-4,7,9,15H,5-6,8H2,(H2,14,16). The van der Waals surface area contributed by atoms with Crippen LogP contribution in [0.3, 0.4) is 0 Å². The molecule has 4 nitrogen and oxygen atoms in total. The van der Waals surface area contributed by atoms with Gasteiger partial charge in [0.2, 0.25) is 0 Å². The Balaban J connectivity index is 2.01. The van der Waals surface area contributed by atoms with E-state index in [9.17, 15) is 0 Å². The van der Waals surface area contributed by atoms with Gasteiger partial charge in [0.15, 0.2) is 0 Å². The van der Waals surface area contributed by atoms with Crippen LogP contribution in [0.4, 0.5) is 5.82 Å². The van der Waals surface area contributed by atoms with Crippen molar-refractivity contribution in [3.63, 3.8) is 0 Å². The molecule has 1 aliphatic heterocycles. The summed E-state index contributed by atoms with van der Waals surface area (Å²) in [6, 6.07) is 9.71. The zero-order valence-corrected chi connectivity index (χ0v) is 9.52. The molecule has 1 atom stereocenters. The van der Waals surface area contributed by atoms with Crippen LogP contribution in [0.25, 0.3) is 10.9 Å². The van der Waals surface area contributed by atoms with E-state index in [0.717, 1.165) is 36.2 Å². The lowest BCUT2D eigenvalue weighted by Gasteiger charge is -2.14. The van der Waals surface area contributed by atoms with E-state index in [1.54, 1.807) is 6.07 Å². The van der Waals surface area contributed by atoms with Crippen LogP contribution in [0.1, 0.15) is 6.42 Å². The van der Waals surface area contributed by atoms with Crippen LogP contribution >= 0.6 is 0 Å². The van der Waals surface area contributed by atoms with Gasteiger partial charge in [0.25, 0.3) is 0 Å². The van der Waals surface area contributed by atoms with Gasteiger partial charge in [-0.05, 0) is 25.1 Å². The summed E-state index contributed by atoms with van der Waals surface area (Å²) in [5.41, 5.74) is 6.68. The number of nitrogen functional groups attached to an aromatic ring is 1. The molecule has 2 aromatic rings. The number of aromatic nitrogens is 1. The van der Waals surface area contributed by atoms with Gasteiger partial charge in [-0.15, -0.1) is 0 Å². The van der Waals surface area contributed by atoms with E-state index >= 15 is 0 Å². The largest absolute Gasteiger partial charge is 0.488 e. The summed E-state index contributed by atoms with van der Waals surface area (Å²) in [5, 5.41) is 4.31. The maximum absolute atomic E-state index is 5.99. The minimum absolute atomic E-state index is 0.236. The van der Waals surface area contributed by atoms with Crippen molar-refractivity contribution in [2.45, 2.75) is 12.5 Å². The monoisotopic (exact) mass is 229 g/mol. The smallest absolute Gasteiger partial charge is 0.132 e. The van der Waals surface area contributed by atoms with Crippen molar-refractivity contribution >= 4 is 16.7 Å². The lowest BCUT2D eigenvalue weighted by molar-refractivity contribution is 0.226. The molecule has 1 fully saturated rings. The molecule has 88 valence electrons. The fourth-order valence-corrected chi connectivity index (χ4v) is 2.17. The minimum Gasteiger partial charge on any atom is -0.488 e. The molecule has 0 bridgehead atoms. The molecule has 1 aliphatic rings. The van der Waals surface area contributed by atoms with Crippen LogP contribution < -0.4 is 15.8 Å². The van der Waals surface area contributed by atoms with Gasteiger partial charge >= 0.3 is 0 Å². The number of nitrogens with one attached hydrogen (secondary N) is 1. The van der Waals surface area contributed by atoms with Gasteiger partial charge in [-0.25, -0.2) is 4.98 Å². The van der Waals surface area contributed by atoms with Crippen LogP contribution in [0, 0.1) is 0 Å². The van der Waals surface area contributed by atoms with E-state index < -0.39 is 0 Å². The lowest BCUT2D eigenvalue weighted by Crippen LogP contribution is -2.19. The molecule has 1 unspecified atom stereocenters. The van der Waals surface area contributed by atoms with Crippen LogP contribution in [0.5, 0.6) is 5.75 Å². The Kier molecular flexibility index (Phi) is 2.57. The van der Waals surface area contributed by atoms with Gasteiger partial charge in [-0.3, -0.25) is 0 Å². The third-order valence-electron chi connectivity index (χ3n) is 3.01. The number of benzene rings is 1. The number of anilines is 1. The normalized spacial score (nSPS) is 19.6. The number of hydrogen-bond donors (Lipinski definition) is 2. The van der Waals surface area contributed by atoms with Crippen LogP contribution in [-0.4, -0.2) is 24.2 Å². The molecule has 3 rings (SSSR count). The van der Waals surface area contributed by atoms with E-state index in [0.29, 0.717) is 5.82 Å². The first kappa shape index (κ1) is 10.4. The molecule has 0 spiro atoms. The summed E-state index contributed by atoms with van der Waals surface area (Å²) in [4.78, 5) is 4.29. The maximum Gasteiger partial charge on any atom is 0.132 e. The van der Waals surface area contributed by atoms with Crippen LogP contribution in [0.2, 0.25) is 0 Å². The number of fused-ring (bicyclic) bond motifs is 1. The number of rotatable bonds is 2. The van der Waals surface area contributed by atoms with Crippen molar-refractivity contribution in [3.05, 3.63) is 30.3 Å². The molecule has 2 heterocycles. The van der Waals surface area contributed by atoms with Gasteiger partial charge in [0.05, 0.1) is 5.52 Å². The van der Waals surface area contributed by atoms with Crippen molar-refractivity contribution in [2.24, 2.45) is 0 Å². The van der Waals surface area contributed by atoms with Crippen molar-refractivity contribution < 1.29 is 4.74 Å². The van der Waals surface area contributed by atoms with E-state index in [-0.39, 0.29) is 6.10 Å². The van der Waals surface area contributed by atoms with Crippen molar-refractivity contribution in [1.82, 2.24) is 10.3 Å². The van der Waals surface area contributed by atoms with Crippen molar-refractivity contribution in [3.8, 4) is 5.75 Å². The Morgan fingerprint density at radius 2 is 2.24 bits per heavy atom. The minimum atomic E-state index is 0.236. The number of pyridine rings is 1. The second-order valence-electron chi connectivity index (χ2n) is 4.30. The molecular formula is C13H15N3O. The van der Waals surface area contributed by atoms with E-state index in [1.165, 1.54) is 0 Å². The number of nitrogens with zero attached hydrogens (tertiary/aromatic N) is 1. The Bertz CT molecular complexity index is 535. The summed E-state index contributed by atoms with van der Waals surface area (Å²) in [7, 11) is 0. The molecule has 1 saturated heterocycles. The Hall–Kier alpha value is -1.81. The molecule has 0 radical (unpaired) electrons. The highest BCUT2D eigenvalue weighted by molar-refractivity contribution is 5.86. The highest BCUT2D eigenvalue weighted by Gasteiger charge is 2.17. The van der Waals surface area contributed by atoms with E-state index in [1.807, 2.05) is 24.3 Å². The molecule has 17 heavy (non-hydrogen) atoms. The van der Waals surface area contributed by atoms with Gasteiger partial charge in [-0.1, -0.05) is 12.1 Å². The molecule has 1 aromatic carbocycles. The Labute approximate surface area is 99.8 Å². The average Bonchev–Trinajstić information content (AvgIpc) is 2.81. The molecular weight excluding hydrogens is 214 g/mol. The molecule has 0 amide bonds. The molecule has 1 aromatic heterocycles. The number of para-hydroxylation sites is 1. The Morgan fingerprint density at radius 3 is 3.06 bits per heavy atom. The van der Waals surface area contributed by atoms with E-state index in [2.05, 4.69) is 10.3 Å². The SMILES string of the molecule is Nc1cc(OC2CCNC2)c2ccccc2n1. The third-order valence-corrected chi connectivity index (χ3v) is 3.01. The fraction of sp³-hybridized carbons (Fsp3) is 0.308. The molecule has 0 aliphatic carbocycles. The molecule has 0 saturated carbocycles. The number of ether oxygens (including phenoxy) is 1. The Morgan fingerprint density at radius 1 is 1.35 bits per heavy atom. The average molecular weight is 229 g/mol. The first-order valence-electron chi connectivity index (χ1n) is 5.85. The van der Waals surface area contributed by atoms with Crippen molar-refractivity contribution in [2.75, 3.05) is 18.8 Å². The summed E-state index contributed by atoms with van der Waals surface area (Å²) in [5.74, 6) is 1.34. The summed E-state index contributed by atoms with van der Waals surface area (Å²) in [6.45, 7) is 1.92. The second-order valence-corrected chi connectivity index (χ2v) is 4.30. The van der Waals surface area contributed by atoms with Gasteiger partial charge in [0, 0.05) is 18.0 Å². The number of hydrogen-bond acceptors (Lipinski definition) is 4. The second kappa shape index (κ2) is 4.22. The highest BCUT2D eigenvalue weighted by atomic mass is 16.5. The summed E-state index contributed by atoms with van der Waals surface area (Å²) in [6.07, 6.45) is 1.27. The topological polar surface area (TPSA) is 60.2 Å². The predicted octanol–water partition coefficient (Wildman–Crippen LogP) is 1.56. The number of nitrogens with two attached hydrogens (primary N) is 1. The predicted molar refractivity (Wildman–Crippen MR) is 68.1 cm³/mol. The summed E-state index contributed by atoms with van der Waals surface area (Å²) >= 11 is 0. The van der Waals surface area contributed by atoms with Gasteiger partial charge in [0.1, 0.15) is 17.7 Å². The maximum atomic E-state index is 5.99. The van der Waals surface area contributed by atoms with Crippen LogP contribution in [0.15, 0.2) is 30.3 Å². The van der Waals surface area contributed by atoms with Gasteiger partial charge in [-0.2, -0.15) is 0 Å².